The molecule has 0 aliphatic heterocycles. The summed E-state index contributed by atoms with van der Waals surface area (Å²) in [5, 5.41) is 14.7. The summed E-state index contributed by atoms with van der Waals surface area (Å²) in [7, 11) is 1.72. The number of nitrogens with zero attached hydrogens (tertiary/aromatic N) is 3. The van der Waals surface area contributed by atoms with Crippen molar-refractivity contribution < 1.29 is 5.11 Å². The highest BCUT2D eigenvalue weighted by Gasteiger charge is 2.02. The summed E-state index contributed by atoms with van der Waals surface area (Å²) in [6.45, 7) is 0.995. The summed E-state index contributed by atoms with van der Waals surface area (Å²) < 4.78 is 0. The van der Waals surface area contributed by atoms with Crippen LogP contribution < -0.4 is 10.6 Å². The van der Waals surface area contributed by atoms with Crippen LogP contribution in [0.15, 0.2) is 0 Å². The number of thioether (sulfide) groups is 1. The van der Waals surface area contributed by atoms with Crippen LogP contribution in [0.3, 0.4) is 0 Å². The molecule has 1 aromatic rings. The highest BCUT2D eigenvalue weighted by atomic mass is 35.5. The van der Waals surface area contributed by atoms with E-state index < -0.39 is 0 Å². The van der Waals surface area contributed by atoms with Gasteiger partial charge < -0.3 is 15.7 Å². The first-order valence-corrected chi connectivity index (χ1v) is 6.81. The maximum absolute atomic E-state index is 8.61. The van der Waals surface area contributed by atoms with Gasteiger partial charge in [-0.3, -0.25) is 0 Å². The molecule has 0 atom stereocenters. The molecule has 0 unspecified atom stereocenters. The van der Waals surface area contributed by atoms with E-state index in [-0.39, 0.29) is 11.9 Å². The highest BCUT2D eigenvalue weighted by Crippen LogP contribution is 2.09. The average molecular weight is 278 g/mol. The molecule has 17 heavy (non-hydrogen) atoms. The lowest BCUT2D eigenvalue weighted by molar-refractivity contribution is 0.296. The largest absolute Gasteiger partial charge is 0.396 e. The van der Waals surface area contributed by atoms with Crippen molar-refractivity contribution in [2.75, 3.05) is 42.3 Å². The molecule has 0 saturated heterocycles. The average Bonchev–Trinajstić information content (AvgIpc) is 2.33. The Kier molecular flexibility index (Phi) is 6.99. The lowest BCUT2D eigenvalue weighted by Crippen LogP contribution is -2.10. The molecular weight excluding hydrogens is 262 g/mol. The lowest BCUT2D eigenvalue weighted by atomic mass is 10.5. The number of halogens is 1. The maximum atomic E-state index is 8.61. The maximum Gasteiger partial charge on any atom is 0.228 e. The van der Waals surface area contributed by atoms with E-state index in [4.69, 9.17) is 16.7 Å². The summed E-state index contributed by atoms with van der Waals surface area (Å²) in [6, 6.07) is 0. The number of aliphatic hydroxyl groups excluding tert-OH is 1. The molecule has 0 aromatic carbocycles. The van der Waals surface area contributed by atoms with E-state index >= 15 is 0 Å². The number of hydrogen-bond acceptors (Lipinski definition) is 7. The highest BCUT2D eigenvalue weighted by molar-refractivity contribution is 7.99. The van der Waals surface area contributed by atoms with E-state index in [1.54, 1.807) is 18.8 Å². The molecular formula is C9H16ClN5OS. The van der Waals surface area contributed by atoms with Gasteiger partial charge in [0.05, 0.1) is 0 Å². The van der Waals surface area contributed by atoms with Gasteiger partial charge >= 0.3 is 0 Å². The van der Waals surface area contributed by atoms with Gasteiger partial charge in [-0.1, -0.05) is 0 Å². The second-order valence-corrected chi connectivity index (χ2v) is 4.68. The fourth-order valence-corrected chi connectivity index (χ4v) is 1.99. The molecule has 0 aliphatic rings. The Morgan fingerprint density at radius 3 is 2.71 bits per heavy atom. The van der Waals surface area contributed by atoms with Gasteiger partial charge in [0.25, 0.3) is 0 Å². The summed E-state index contributed by atoms with van der Waals surface area (Å²) >= 11 is 7.50. The van der Waals surface area contributed by atoms with Crippen LogP contribution in [-0.4, -0.2) is 51.8 Å². The molecule has 0 aliphatic carbocycles. The first-order valence-electron chi connectivity index (χ1n) is 5.28. The van der Waals surface area contributed by atoms with Crippen molar-refractivity contribution in [3.63, 3.8) is 0 Å². The third-order valence-corrected chi connectivity index (χ3v) is 3.05. The molecule has 0 bridgehead atoms. The van der Waals surface area contributed by atoms with E-state index in [9.17, 15) is 0 Å². The Labute approximate surface area is 110 Å². The normalized spacial score (nSPS) is 10.3. The van der Waals surface area contributed by atoms with Crippen LogP contribution in [0.2, 0.25) is 5.28 Å². The number of nitrogens with one attached hydrogen (secondary N) is 2. The lowest BCUT2D eigenvalue weighted by Gasteiger charge is -2.06. The van der Waals surface area contributed by atoms with Crippen LogP contribution in [0.25, 0.3) is 0 Å². The number of aliphatic hydroxyl groups is 1. The van der Waals surface area contributed by atoms with Crippen LogP contribution in [0.1, 0.15) is 6.42 Å². The third-order valence-electron chi connectivity index (χ3n) is 1.81. The van der Waals surface area contributed by atoms with Crippen LogP contribution in [0, 0.1) is 0 Å². The molecule has 0 radical (unpaired) electrons. The smallest absolute Gasteiger partial charge is 0.228 e. The van der Waals surface area contributed by atoms with Crippen molar-refractivity contribution in [2.45, 2.75) is 6.42 Å². The minimum atomic E-state index is 0.166. The monoisotopic (exact) mass is 277 g/mol. The molecule has 0 saturated carbocycles. The SMILES string of the molecule is CNc1nc(Cl)nc(NCCSCCCO)n1. The van der Waals surface area contributed by atoms with Gasteiger partial charge in [-0.25, -0.2) is 0 Å². The van der Waals surface area contributed by atoms with Gasteiger partial charge in [-0.05, 0) is 23.8 Å². The van der Waals surface area contributed by atoms with E-state index in [0.717, 1.165) is 24.5 Å². The molecule has 0 amide bonds. The van der Waals surface area contributed by atoms with Crippen molar-refractivity contribution in [3.05, 3.63) is 5.28 Å². The first-order chi connectivity index (χ1) is 8.26. The topological polar surface area (TPSA) is 83.0 Å². The fourth-order valence-electron chi connectivity index (χ4n) is 1.04. The van der Waals surface area contributed by atoms with Crippen molar-refractivity contribution >= 4 is 35.3 Å². The Hall–Kier alpha value is -0.790. The molecule has 0 spiro atoms. The quantitative estimate of drug-likeness (QED) is 0.614. The second kappa shape index (κ2) is 8.32. The Bertz CT molecular complexity index is 341. The zero-order chi connectivity index (χ0) is 12.5. The molecule has 96 valence electrons. The van der Waals surface area contributed by atoms with Gasteiger partial charge in [0.2, 0.25) is 17.2 Å². The summed E-state index contributed by atoms with van der Waals surface area (Å²) in [5.74, 6) is 2.80. The van der Waals surface area contributed by atoms with Gasteiger partial charge in [-0.15, -0.1) is 0 Å². The van der Waals surface area contributed by atoms with Gasteiger partial charge in [0, 0.05) is 26.0 Å². The Morgan fingerprint density at radius 2 is 2.00 bits per heavy atom. The van der Waals surface area contributed by atoms with E-state index in [0.29, 0.717) is 11.9 Å². The predicted molar refractivity (Wildman–Crippen MR) is 71.9 cm³/mol. The first kappa shape index (κ1) is 14.3. The van der Waals surface area contributed by atoms with Crippen LogP contribution in [0.4, 0.5) is 11.9 Å². The van der Waals surface area contributed by atoms with Crippen molar-refractivity contribution in [2.24, 2.45) is 0 Å². The zero-order valence-electron chi connectivity index (χ0n) is 9.61. The molecule has 1 rings (SSSR count). The Balaban J connectivity index is 2.28. The van der Waals surface area contributed by atoms with Crippen LogP contribution >= 0.6 is 23.4 Å². The molecule has 3 N–H and O–H groups in total. The molecule has 6 nitrogen and oxygen atoms in total. The van der Waals surface area contributed by atoms with Crippen LogP contribution in [-0.2, 0) is 0 Å². The predicted octanol–water partition coefficient (Wildman–Crippen LogP) is 1.09. The van der Waals surface area contributed by atoms with Gasteiger partial charge in [0.15, 0.2) is 0 Å². The van der Waals surface area contributed by atoms with Gasteiger partial charge in [0.1, 0.15) is 0 Å². The number of rotatable bonds is 8. The van der Waals surface area contributed by atoms with Crippen molar-refractivity contribution in [1.29, 1.82) is 0 Å². The molecule has 0 fully saturated rings. The number of anilines is 2. The third kappa shape index (κ3) is 5.90. The van der Waals surface area contributed by atoms with E-state index in [1.807, 2.05) is 0 Å². The van der Waals surface area contributed by atoms with Crippen molar-refractivity contribution in [3.8, 4) is 0 Å². The fraction of sp³-hybridized carbons (Fsp3) is 0.667. The summed E-state index contributed by atoms with van der Waals surface area (Å²) in [4.78, 5) is 11.9. The minimum absolute atomic E-state index is 0.166. The minimum Gasteiger partial charge on any atom is -0.396 e. The van der Waals surface area contributed by atoms with Crippen molar-refractivity contribution in [1.82, 2.24) is 15.0 Å². The summed E-state index contributed by atoms with van der Waals surface area (Å²) in [6.07, 6.45) is 0.826. The standard InChI is InChI=1S/C9H16ClN5OS/c1-11-8-13-7(10)14-9(15-8)12-3-6-17-5-2-4-16/h16H,2-6H2,1H3,(H2,11,12,13,14,15). The molecule has 1 aromatic heterocycles. The molecule has 1 heterocycles. The second-order valence-electron chi connectivity index (χ2n) is 3.12. The van der Waals surface area contributed by atoms with Crippen LogP contribution in [0.5, 0.6) is 0 Å². The number of aromatic nitrogens is 3. The molecule has 8 heteroatoms. The summed E-state index contributed by atoms with van der Waals surface area (Å²) in [5.41, 5.74) is 0. The Morgan fingerprint density at radius 1 is 1.24 bits per heavy atom. The van der Waals surface area contributed by atoms with Gasteiger partial charge in [-0.2, -0.15) is 26.7 Å². The van der Waals surface area contributed by atoms with E-state index in [2.05, 4.69) is 25.6 Å². The number of hydrogen-bond donors (Lipinski definition) is 3. The zero-order valence-corrected chi connectivity index (χ0v) is 11.2. The van der Waals surface area contributed by atoms with E-state index in [1.165, 1.54) is 0 Å².